The highest BCUT2D eigenvalue weighted by molar-refractivity contribution is 5.78. The summed E-state index contributed by atoms with van der Waals surface area (Å²) in [5.41, 5.74) is 4.04. The molecule has 32 heavy (non-hydrogen) atoms. The Kier molecular flexibility index (Phi) is 5.82. The summed E-state index contributed by atoms with van der Waals surface area (Å²) in [5.74, 6) is 1.03. The van der Waals surface area contributed by atoms with Crippen molar-refractivity contribution in [2.75, 3.05) is 31.7 Å². The van der Waals surface area contributed by atoms with Crippen LogP contribution >= 0.6 is 0 Å². The fourth-order valence-electron chi connectivity index (χ4n) is 4.89. The molecule has 2 aromatic rings. The first-order valence-corrected chi connectivity index (χ1v) is 11.7. The fraction of sp³-hybridized carbons (Fsp3) is 0.583. The summed E-state index contributed by atoms with van der Waals surface area (Å²) in [6.45, 7) is 3.93. The van der Waals surface area contributed by atoms with Gasteiger partial charge in [0.25, 0.3) is 0 Å². The molecule has 172 valence electrons. The number of carbonyl (C=O) groups excluding carboxylic acids is 1. The summed E-state index contributed by atoms with van der Waals surface area (Å²) < 4.78 is 13.7. The lowest BCUT2D eigenvalue weighted by molar-refractivity contribution is -0.128. The van der Waals surface area contributed by atoms with Crippen molar-refractivity contribution < 1.29 is 19.4 Å². The van der Waals surface area contributed by atoms with E-state index in [9.17, 15) is 9.90 Å². The van der Waals surface area contributed by atoms with Crippen LogP contribution in [0, 0.1) is 0 Å². The van der Waals surface area contributed by atoms with Gasteiger partial charge in [0.15, 0.2) is 0 Å². The van der Waals surface area contributed by atoms with Crippen LogP contribution in [0.1, 0.15) is 50.6 Å². The lowest BCUT2D eigenvalue weighted by atomic mass is 9.92. The summed E-state index contributed by atoms with van der Waals surface area (Å²) in [6, 6.07) is 4.76. The van der Waals surface area contributed by atoms with Gasteiger partial charge >= 0.3 is 0 Å². The highest BCUT2D eigenvalue weighted by Gasteiger charge is 2.32. The maximum absolute atomic E-state index is 12.0. The third-order valence-corrected chi connectivity index (χ3v) is 6.86. The van der Waals surface area contributed by atoms with Gasteiger partial charge < -0.3 is 24.4 Å². The summed E-state index contributed by atoms with van der Waals surface area (Å²) in [4.78, 5) is 15.8. The van der Waals surface area contributed by atoms with Gasteiger partial charge in [-0.05, 0) is 51.2 Å². The number of methoxy groups -OCH3 is 1. The second kappa shape index (κ2) is 8.75. The molecule has 2 unspecified atom stereocenters. The third kappa shape index (κ3) is 3.97. The minimum atomic E-state index is -1.01. The van der Waals surface area contributed by atoms with Crippen LogP contribution in [0.5, 0.6) is 5.75 Å². The first-order chi connectivity index (χ1) is 15.6. The standard InChI is InChI=1S/C24H32N4O4/c1-16-5-8-20-21(28(16)24(30)31-2)10-9-19(17-14-25-27(15-17)18-6-7-18)23(20)32-13-12-26-11-3-4-22(26)29/h9-10,14-16,18,24,30H,3-8,11-13H2,1-2H3. The lowest BCUT2D eigenvalue weighted by Crippen LogP contribution is -2.46. The molecule has 1 saturated heterocycles. The molecule has 1 aromatic heterocycles. The second-order valence-corrected chi connectivity index (χ2v) is 9.07. The molecule has 8 heteroatoms. The number of aliphatic hydroxyl groups is 1. The van der Waals surface area contributed by atoms with Crippen molar-refractivity contribution in [2.24, 2.45) is 0 Å². The van der Waals surface area contributed by atoms with E-state index in [0.717, 1.165) is 53.9 Å². The van der Waals surface area contributed by atoms with Gasteiger partial charge in [0.1, 0.15) is 12.4 Å². The quantitative estimate of drug-likeness (QED) is 0.636. The summed E-state index contributed by atoms with van der Waals surface area (Å²) >= 11 is 0. The van der Waals surface area contributed by atoms with E-state index in [1.54, 1.807) is 0 Å². The normalized spacial score (nSPS) is 21.7. The molecule has 0 radical (unpaired) electrons. The molecular weight excluding hydrogens is 408 g/mol. The number of anilines is 1. The predicted molar refractivity (Wildman–Crippen MR) is 121 cm³/mol. The van der Waals surface area contributed by atoms with Gasteiger partial charge in [-0.2, -0.15) is 5.10 Å². The van der Waals surface area contributed by atoms with Crippen LogP contribution in [-0.4, -0.2) is 65.0 Å². The summed E-state index contributed by atoms with van der Waals surface area (Å²) in [7, 11) is 1.51. The van der Waals surface area contributed by atoms with Gasteiger partial charge in [0.2, 0.25) is 12.3 Å². The number of aromatic nitrogens is 2. The zero-order chi connectivity index (χ0) is 22.2. The monoisotopic (exact) mass is 440 g/mol. The molecule has 1 aliphatic carbocycles. The number of aliphatic hydroxyl groups excluding tert-OH is 1. The van der Waals surface area contributed by atoms with Gasteiger partial charge in [-0.3, -0.25) is 9.48 Å². The molecule has 0 spiro atoms. The van der Waals surface area contributed by atoms with Crippen LogP contribution in [0.3, 0.4) is 0 Å². The van der Waals surface area contributed by atoms with Crippen LogP contribution in [0.15, 0.2) is 24.5 Å². The molecule has 1 saturated carbocycles. The maximum Gasteiger partial charge on any atom is 0.237 e. The van der Waals surface area contributed by atoms with Crippen LogP contribution in [0.4, 0.5) is 5.69 Å². The van der Waals surface area contributed by atoms with E-state index in [0.29, 0.717) is 25.6 Å². The molecular formula is C24H32N4O4. The molecule has 5 rings (SSSR count). The van der Waals surface area contributed by atoms with Gasteiger partial charge in [-0.25, -0.2) is 0 Å². The molecule has 1 amide bonds. The van der Waals surface area contributed by atoms with Crippen molar-refractivity contribution in [1.29, 1.82) is 0 Å². The number of carbonyl (C=O) groups is 1. The number of ether oxygens (including phenoxy) is 2. The maximum atomic E-state index is 12.0. The van der Waals surface area contributed by atoms with Crippen molar-refractivity contribution in [2.45, 2.75) is 63.9 Å². The van der Waals surface area contributed by atoms with Gasteiger partial charge in [0, 0.05) is 54.7 Å². The van der Waals surface area contributed by atoms with Crippen LogP contribution in [0.2, 0.25) is 0 Å². The summed E-state index contributed by atoms with van der Waals surface area (Å²) in [5, 5.41) is 15.1. The Morgan fingerprint density at radius 1 is 1.25 bits per heavy atom. The Bertz CT molecular complexity index is 986. The van der Waals surface area contributed by atoms with Crippen LogP contribution < -0.4 is 9.64 Å². The van der Waals surface area contributed by atoms with Crippen LogP contribution in [0.25, 0.3) is 11.1 Å². The van der Waals surface area contributed by atoms with E-state index in [-0.39, 0.29) is 11.9 Å². The SMILES string of the molecule is COC(O)N1c2ccc(-c3cnn(C4CC4)c3)c(OCCN3CCCC3=O)c2CCC1C. The second-order valence-electron chi connectivity index (χ2n) is 9.07. The van der Waals surface area contributed by atoms with E-state index in [1.165, 1.54) is 20.0 Å². The van der Waals surface area contributed by atoms with Crippen molar-refractivity contribution in [3.8, 4) is 16.9 Å². The number of nitrogens with zero attached hydrogens (tertiary/aromatic N) is 4. The van der Waals surface area contributed by atoms with Gasteiger partial charge in [0.05, 0.1) is 18.8 Å². The number of hydrogen-bond donors (Lipinski definition) is 1. The number of benzene rings is 1. The Balaban J connectivity index is 1.48. The van der Waals surface area contributed by atoms with Crippen LogP contribution in [-0.2, 0) is 16.0 Å². The van der Waals surface area contributed by atoms with E-state index < -0.39 is 6.41 Å². The molecule has 8 nitrogen and oxygen atoms in total. The molecule has 1 N–H and O–H groups in total. The van der Waals surface area contributed by atoms with E-state index in [1.807, 2.05) is 26.7 Å². The Morgan fingerprint density at radius 2 is 2.09 bits per heavy atom. The number of likely N-dealkylation sites (tertiary alicyclic amines) is 1. The molecule has 0 bridgehead atoms. The van der Waals surface area contributed by atoms with Crippen molar-refractivity contribution in [3.05, 3.63) is 30.1 Å². The lowest BCUT2D eigenvalue weighted by Gasteiger charge is -2.40. The van der Waals surface area contributed by atoms with Crippen molar-refractivity contribution >= 4 is 11.6 Å². The van der Waals surface area contributed by atoms with Crippen molar-refractivity contribution in [3.63, 3.8) is 0 Å². The number of rotatable bonds is 8. The van der Waals surface area contributed by atoms with E-state index in [2.05, 4.69) is 24.3 Å². The number of fused-ring (bicyclic) bond motifs is 1. The average Bonchev–Trinajstić information content (AvgIpc) is 3.39. The van der Waals surface area contributed by atoms with Gasteiger partial charge in [-0.1, -0.05) is 0 Å². The number of amides is 1. The zero-order valence-electron chi connectivity index (χ0n) is 18.9. The molecule has 2 aliphatic heterocycles. The van der Waals surface area contributed by atoms with Gasteiger partial charge in [-0.15, -0.1) is 0 Å². The molecule has 2 fully saturated rings. The fourth-order valence-corrected chi connectivity index (χ4v) is 4.89. The Morgan fingerprint density at radius 3 is 2.81 bits per heavy atom. The minimum absolute atomic E-state index is 0.149. The average molecular weight is 441 g/mol. The third-order valence-electron chi connectivity index (χ3n) is 6.86. The molecule has 3 heterocycles. The highest BCUT2D eigenvalue weighted by Crippen LogP contribution is 2.44. The van der Waals surface area contributed by atoms with E-state index >= 15 is 0 Å². The smallest absolute Gasteiger partial charge is 0.237 e. The first kappa shape index (κ1) is 21.3. The topological polar surface area (TPSA) is 80.1 Å². The van der Waals surface area contributed by atoms with Crippen molar-refractivity contribution in [1.82, 2.24) is 14.7 Å². The van der Waals surface area contributed by atoms with E-state index in [4.69, 9.17) is 9.47 Å². The predicted octanol–water partition coefficient (Wildman–Crippen LogP) is 2.95. The Hall–Kier alpha value is -2.58. The molecule has 3 aliphatic rings. The minimum Gasteiger partial charge on any atom is -0.491 e. The summed E-state index contributed by atoms with van der Waals surface area (Å²) in [6.07, 6.45) is 8.66. The Labute approximate surface area is 188 Å². The molecule has 2 atom stereocenters. The highest BCUT2D eigenvalue weighted by atomic mass is 16.6. The zero-order valence-corrected chi connectivity index (χ0v) is 18.9. The largest absolute Gasteiger partial charge is 0.491 e. The first-order valence-electron chi connectivity index (χ1n) is 11.7. The molecule has 1 aromatic carbocycles. The number of hydrogen-bond acceptors (Lipinski definition) is 6.